The van der Waals surface area contributed by atoms with E-state index in [9.17, 15) is 0 Å². The van der Waals surface area contributed by atoms with Crippen molar-refractivity contribution in [1.29, 1.82) is 0 Å². The predicted molar refractivity (Wildman–Crippen MR) is 70.7 cm³/mol. The number of rotatable bonds is 1. The second-order valence-corrected chi connectivity index (χ2v) is 4.99. The number of nitrogens with two attached hydrogens (primary N) is 1. The highest BCUT2D eigenvalue weighted by Gasteiger charge is 2.13. The first kappa shape index (κ1) is 11.3. The summed E-state index contributed by atoms with van der Waals surface area (Å²) in [6.45, 7) is 4.73. The fourth-order valence-corrected chi connectivity index (χ4v) is 2.45. The van der Waals surface area contributed by atoms with E-state index in [1.165, 1.54) is 44.5 Å². The molecule has 1 aromatic rings. The monoisotopic (exact) mass is 218 g/mol. The van der Waals surface area contributed by atoms with Gasteiger partial charge in [0.15, 0.2) is 0 Å². The summed E-state index contributed by atoms with van der Waals surface area (Å²) in [5.74, 6) is 0.804. The van der Waals surface area contributed by atoms with Gasteiger partial charge in [0, 0.05) is 24.5 Å². The number of anilines is 2. The first-order valence-corrected chi connectivity index (χ1v) is 6.36. The molecule has 0 aromatic heterocycles. The average Bonchev–Trinajstić information content (AvgIpc) is 2.24. The first-order chi connectivity index (χ1) is 7.75. The summed E-state index contributed by atoms with van der Waals surface area (Å²) in [6.07, 6.45) is 5.45. The standard InChI is InChI=1S/C14H22N2/c1-12-5-3-2-4-10-16(11-12)14-8-6-13(15)7-9-14/h6-9,12H,2-5,10-11,15H2,1H3. The molecular weight excluding hydrogens is 196 g/mol. The van der Waals surface area contributed by atoms with Gasteiger partial charge < -0.3 is 10.6 Å². The van der Waals surface area contributed by atoms with Gasteiger partial charge in [-0.2, -0.15) is 0 Å². The van der Waals surface area contributed by atoms with E-state index in [-0.39, 0.29) is 0 Å². The smallest absolute Gasteiger partial charge is 0.0367 e. The predicted octanol–water partition coefficient (Wildman–Crippen LogP) is 3.29. The van der Waals surface area contributed by atoms with E-state index < -0.39 is 0 Å². The summed E-state index contributed by atoms with van der Waals surface area (Å²) in [4.78, 5) is 2.50. The topological polar surface area (TPSA) is 29.3 Å². The molecule has 1 saturated heterocycles. The molecule has 1 unspecified atom stereocenters. The lowest BCUT2D eigenvalue weighted by Crippen LogP contribution is -2.31. The molecule has 0 amide bonds. The quantitative estimate of drug-likeness (QED) is 0.733. The van der Waals surface area contributed by atoms with Gasteiger partial charge in [-0.25, -0.2) is 0 Å². The molecule has 1 fully saturated rings. The second kappa shape index (κ2) is 5.24. The summed E-state index contributed by atoms with van der Waals surface area (Å²) >= 11 is 0. The SMILES string of the molecule is CC1CCCCCN(c2ccc(N)cc2)C1. The van der Waals surface area contributed by atoms with Crippen LogP contribution in [0.5, 0.6) is 0 Å². The Morgan fingerprint density at radius 1 is 1.12 bits per heavy atom. The molecule has 0 aliphatic carbocycles. The van der Waals surface area contributed by atoms with E-state index in [2.05, 4.69) is 24.0 Å². The highest BCUT2D eigenvalue weighted by atomic mass is 15.1. The van der Waals surface area contributed by atoms with Crippen LogP contribution >= 0.6 is 0 Å². The molecule has 2 N–H and O–H groups in total. The molecule has 2 heteroatoms. The molecule has 0 saturated carbocycles. The van der Waals surface area contributed by atoms with Crippen molar-refractivity contribution < 1.29 is 0 Å². The lowest BCUT2D eigenvalue weighted by atomic mass is 9.99. The van der Waals surface area contributed by atoms with Crippen molar-refractivity contribution in [3.63, 3.8) is 0 Å². The van der Waals surface area contributed by atoms with E-state index in [1.807, 2.05) is 12.1 Å². The maximum absolute atomic E-state index is 5.72. The number of benzene rings is 1. The Balaban J connectivity index is 2.08. The van der Waals surface area contributed by atoms with Crippen molar-refractivity contribution in [2.45, 2.75) is 32.6 Å². The van der Waals surface area contributed by atoms with Gasteiger partial charge >= 0.3 is 0 Å². The van der Waals surface area contributed by atoms with E-state index in [1.54, 1.807) is 0 Å². The molecule has 0 bridgehead atoms. The van der Waals surface area contributed by atoms with Crippen LogP contribution in [0.4, 0.5) is 11.4 Å². The number of hydrogen-bond donors (Lipinski definition) is 1. The zero-order chi connectivity index (χ0) is 11.4. The molecule has 16 heavy (non-hydrogen) atoms. The Bertz CT molecular complexity index is 318. The molecule has 1 atom stereocenters. The first-order valence-electron chi connectivity index (χ1n) is 6.36. The maximum Gasteiger partial charge on any atom is 0.0367 e. The van der Waals surface area contributed by atoms with Gasteiger partial charge in [-0.3, -0.25) is 0 Å². The van der Waals surface area contributed by atoms with Crippen molar-refractivity contribution in [2.75, 3.05) is 23.7 Å². The highest BCUT2D eigenvalue weighted by Crippen LogP contribution is 2.22. The molecule has 2 rings (SSSR count). The van der Waals surface area contributed by atoms with Crippen molar-refractivity contribution in [3.05, 3.63) is 24.3 Å². The summed E-state index contributed by atoms with van der Waals surface area (Å²) in [7, 11) is 0. The van der Waals surface area contributed by atoms with E-state index in [4.69, 9.17) is 5.73 Å². The number of nitrogen functional groups attached to an aromatic ring is 1. The molecular formula is C14H22N2. The highest BCUT2D eigenvalue weighted by molar-refractivity contribution is 5.53. The Hall–Kier alpha value is -1.18. The van der Waals surface area contributed by atoms with Crippen LogP contribution < -0.4 is 10.6 Å². The molecule has 1 aromatic carbocycles. The van der Waals surface area contributed by atoms with Crippen LogP contribution in [0, 0.1) is 5.92 Å². The Kier molecular flexibility index (Phi) is 3.70. The van der Waals surface area contributed by atoms with E-state index in [0.29, 0.717) is 0 Å². The van der Waals surface area contributed by atoms with Crippen LogP contribution in [-0.4, -0.2) is 13.1 Å². The van der Waals surface area contributed by atoms with Gasteiger partial charge in [-0.05, 0) is 43.0 Å². The Labute approximate surface area is 98.4 Å². The third-order valence-electron chi connectivity index (χ3n) is 3.42. The summed E-state index contributed by atoms with van der Waals surface area (Å²) < 4.78 is 0. The molecule has 1 heterocycles. The van der Waals surface area contributed by atoms with Gasteiger partial charge in [0.05, 0.1) is 0 Å². The van der Waals surface area contributed by atoms with Crippen molar-refractivity contribution in [2.24, 2.45) is 5.92 Å². The van der Waals surface area contributed by atoms with E-state index >= 15 is 0 Å². The summed E-state index contributed by atoms with van der Waals surface area (Å²) in [5.41, 5.74) is 7.89. The van der Waals surface area contributed by atoms with Gasteiger partial charge in [-0.15, -0.1) is 0 Å². The fraction of sp³-hybridized carbons (Fsp3) is 0.571. The summed E-state index contributed by atoms with van der Waals surface area (Å²) in [6, 6.07) is 8.28. The lowest BCUT2D eigenvalue weighted by molar-refractivity contribution is 0.452. The molecule has 0 radical (unpaired) electrons. The van der Waals surface area contributed by atoms with Gasteiger partial charge in [0.25, 0.3) is 0 Å². The minimum Gasteiger partial charge on any atom is -0.399 e. The van der Waals surface area contributed by atoms with Crippen LogP contribution in [-0.2, 0) is 0 Å². The zero-order valence-electron chi connectivity index (χ0n) is 10.2. The largest absolute Gasteiger partial charge is 0.399 e. The molecule has 1 aliphatic heterocycles. The minimum absolute atomic E-state index is 0.804. The van der Waals surface area contributed by atoms with Crippen LogP contribution in [0.3, 0.4) is 0 Å². The molecule has 2 nitrogen and oxygen atoms in total. The van der Waals surface area contributed by atoms with Crippen molar-refractivity contribution in [3.8, 4) is 0 Å². The maximum atomic E-state index is 5.72. The number of hydrogen-bond acceptors (Lipinski definition) is 2. The normalized spacial score (nSPS) is 22.6. The molecule has 88 valence electrons. The van der Waals surface area contributed by atoms with E-state index in [0.717, 1.165) is 11.6 Å². The average molecular weight is 218 g/mol. The van der Waals surface area contributed by atoms with Crippen LogP contribution in [0.1, 0.15) is 32.6 Å². The molecule has 0 spiro atoms. The minimum atomic E-state index is 0.804. The third kappa shape index (κ3) is 2.91. The van der Waals surface area contributed by atoms with Crippen LogP contribution in [0.25, 0.3) is 0 Å². The Morgan fingerprint density at radius 3 is 2.62 bits per heavy atom. The van der Waals surface area contributed by atoms with Crippen molar-refractivity contribution in [1.82, 2.24) is 0 Å². The number of nitrogens with zero attached hydrogens (tertiary/aromatic N) is 1. The van der Waals surface area contributed by atoms with Gasteiger partial charge in [0.2, 0.25) is 0 Å². The molecule has 1 aliphatic rings. The van der Waals surface area contributed by atoms with Crippen molar-refractivity contribution >= 4 is 11.4 Å². The second-order valence-electron chi connectivity index (χ2n) is 4.99. The van der Waals surface area contributed by atoms with Crippen LogP contribution in [0.2, 0.25) is 0 Å². The lowest BCUT2D eigenvalue weighted by Gasteiger charge is -2.30. The summed E-state index contributed by atoms with van der Waals surface area (Å²) in [5, 5.41) is 0. The van der Waals surface area contributed by atoms with Crippen LogP contribution in [0.15, 0.2) is 24.3 Å². The third-order valence-corrected chi connectivity index (χ3v) is 3.42. The zero-order valence-corrected chi connectivity index (χ0v) is 10.2. The van der Waals surface area contributed by atoms with Gasteiger partial charge in [-0.1, -0.05) is 19.8 Å². The fourth-order valence-electron chi connectivity index (χ4n) is 2.45. The Morgan fingerprint density at radius 2 is 1.88 bits per heavy atom. The van der Waals surface area contributed by atoms with Gasteiger partial charge in [0.1, 0.15) is 0 Å².